The minimum absolute atomic E-state index is 0.238. The molecule has 0 aromatic rings. The van der Waals surface area contributed by atoms with Crippen LogP contribution in [0, 0.1) is 0 Å². The largest absolute Gasteiger partial charge is 0.295 e. The molecule has 0 fully saturated rings. The fraction of sp³-hybridized carbons (Fsp3) is 0.571. The highest BCUT2D eigenvalue weighted by Gasteiger charge is 2.06. The van der Waals surface area contributed by atoms with Gasteiger partial charge >= 0.3 is 0 Å². The van der Waals surface area contributed by atoms with E-state index in [0.717, 1.165) is 17.7 Å². The Bertz CT molecular complexity index is 149. The van der Waals surface area contributed by atoms with Gasteiger partial charge in [0.15, 0.2) is 5.78 Å². The van der Waals surface area contributed by atoms with Gasteiger partial charge in [-0.05, 0) is 19.1 Å². The van der Waals surface area contributed by atoms with Crippen molar-refractivity contribution in [3.63, 3.8) is 0 Å². The molecule has 0 aromatic heterocycles. The summed E-state index contributed by atoms with van der Waals surface area (Å²) in [5, 5.41) is 0. The number of carbonyl (C=O) groups excluding carboxylic acids is 1. The second-order valence-electron chi connectivity index (χ2n) is 2.13. The standard InChI is InChI=1S/C7H10OS/c1-6(8)7-3-2-4-9-5-7/h3H,2,4-5H2,1H3. The van der Waals surface area contributed by atoms with E-state index in [2.05, 4.69) is 6.08 Å². The van der Waals surface area contributed by atoms with Crippen LogP contribution in [0.3, 0.4) is 0 Å². The van der Waals surface area contributed by atoms with Gasteiger partial charge in [-0.25, -0.2) is 0 Å². The molecule has 50 valence electrons. The SMILES string of the molecule is CC(=O)C1=CCCSC1. The maximum Gasteiger partial charge on any atom is 0.156 e. The van der Waals surface area contributed by atoms with Crippen molar-refractivity contribution in [2.45, 2.75) is 13.3 Å². The third kappa shape index (κ3) is 1.86. The number of Topliss-reactive ketones (excluding diaryl/α,β-unsaturated/α-hetero) is 1. The number of ketones is 1. The molecule has 0 unspecified atom stereocenters. The third-order valence-electron chi connectivity index (χ3n) is 1.36. The molecule has 0 atom stereocenters. The van der Waals surface area contributed by atoms with Crippen LogP contribution in [-0.4, -0.2) is 17.3 Å². The second-order valence-corrected chi connectivity index (χ2v) is 3.23. The molecule has 1 heterocycles. The zero-order valence-corrected chi connectivity index (χ0v) is 6.33. The Morgan fingerprint density at radius 3 is 2.89 bits per heavy atom. The van der Waals surface area contributed by atoms with E-state index in [1.54, 1.807) is 6.92 Å². The van der Waals surface area contributed by atoms with Crippen LogP contribution in [0.25, 0.3) is 0 Å². The summed E-state index contributed by atoms with van der Waals surface area (Å²) < 4.78 is 0. The van der Waals surface area contributed by atoms with Crippen molar-refractivity contribution in [2.24, 2.45) is 0 Å². The lowest BCUT2D eigenvalue weighted by molar-refractivity contribution is -0.113. The summed E-state index contributed by atoms with van der Waals surface area (Å²) in [6, 6.07) is 0. The van der Waals surface area contributed by atoms with Crippen LogP contribution in [0.5, 0.6) is 0 Å². The summed E-state index contributed by atoms with van der Waals surface area (Å²) in [5.74, 6) is 2.34. The van der Waals surface area contributed by atoms with Gasteiger partial charge in [0.1, 0.15) is 0 Å². The summed E-state index contributed by atoms with van der Waals surface area (Å²) in [7, 11) is 0. The summed E-state index contributed by atoms with van der Waals surface area (Å²) in [6.45, 7) is 1.64. The van der Waals surface area contributed by atoms with Crippen LogP contribution in [0.4, 0.5) is 0 Å². The Morgan fingerprint density at radius 2 is 2.56 bits per heavy atom. The predicted molar refractivity (Wildman–Crippen MR) is 40.7 cm³/mol. The topological polar surface area (TPSA) is 17.1 Å². The fourth-order valence-corrected chi connectivity index (χ4v) is 1.77. The maximum atomic E-state index is 10.7. The quantitative estimate of drug-likeness (QED) is 0.553. The van der Waals surface area contributed by atoms with Crippen molar-refractivity contribution >= 4 is 17.5 Å². The number of hydrogen-bond acceptors (Lipinski definition) is 2. The first-order chi connectivity index (χ1) is 4.30. The average Bonchev–Trinajstić information content (AvgIpc) is 1.90. The highest BCUT2D eigenvalue weighted by Crippen LogP contribution is 2.16. The number of allylic oxidation sites excluding steroid dienone is 1. The Kier molecular flexibility index (Phi) is 2.34. The molecule has 1 aliphatic rings. The van der Waals surface area contributed by atoms with Crippen molar-refractivity contribution in [1.29, 1.82) is 0 Å². The Hall–Kier alpha value is -0.240. The Labute approximate surface area is 59.5 Å². The Morgan fingerprint density at radius 1 is 1.78 bits per heavy atom. The summed E-state index contributed by atoms with van der Waals surface area (Å²) in [5.41, 5.74) is 1.01. The minimum atomic E-state index is 0.238. The van der Waals surface area contributed by atoms with Crippen molar-refractivity contribution in [3.05, 3.63) is 11.6 Å². The number of rotatable bonds is 1. The highest BCUT2D eigenvalue weighted by molar-refractivity contribution is 7.99. The van der Waals surface area contributed by atoms with Crippen LogP contribution < -0.4 is 0 Å². The monoisotopic (exact) mass is 142 g/mol. The lowest BCUT2D eigenvalue weighted by Gasteiger charge is -2.07. The van der Waals surface area contributed by atoms with Gasteiger partial charge in [-0.3, -0.25) is 4.79 Å². The van der Waals surface area contributed by atoms with E-state index in [0.29, 0.717) is 0 Å². The lowest BCUT2D eigenvalue weighted by atomic mass is 10.2. The van der Waals surface area contributed by atoms with Crippen LogP contribution in [-0.2, 0) is 4.79 Å². The molecule has 0 radical (unpaired) electrons. The van der Waals surface area contributed by atoms with Crippen LogP contribution in [0.2, 0.25) is 0 Å². The number of hydrogen-bond donors (Lipinski definition) is 0. The molecule has 2 heteroatoms. The summed E-state index contributed by atoms with van der Waals surface area (Å²) >= 11 is 1.84. The van der Waals surface area contributed by atoms with E-state index in [9.17, 15) is 4.79 Å². The zero-order chi connectivity index (χ0) is 6.69. The van der Waals surface area contributed by atoms with E-state index in [1.807, 2.05) is 11.8 Å². The van der Waals surface area contributed by atoms with Gasteiger partial charge in [-0.15, -0.1) is 0 Å². The van der Waals surface area contributed by atoms with Gasteiger partial charge in [0.25, 0.3) is 0 Å². The lowest BCUT2D eigenvalue weighted by Crippen LogP contribution is -2.03. The van der Waals surface area contributed by atoms with Crippen LogP contribution >= 0.6 is 11.8 Å². The van der Waals surface area contributed by atoms with Crippen LogP contribution in [0.1, 0.15) is 13.3 Å². The molecule has 0 spiro atoms. The van der Waals surface area contributed by atoms with E-state index < -0.39 is 0 Å². The molecule has 0 aliphatic carbocycles. The summed E-state index contributed by atoms with van der Waals surface area (Å²) in [6.07, 6.45) is 3.12. The number of carbonyl (C=O) groups is 1. The maximum absolute atomic E-state index is 10.7. The first-order valence-corrected chi connectivity index (χ1v) is 4.24. The molecule has 1 aliphatic heterocycles. The summed E-state index contributed by atoms with van der Waals surface area (Å²) in [4.78, 5) is 10.7. The fourth-order valence-electron chi connectivity index (χ4n) is 0.803. The molecule has 1 nitrogen and oxygen atoms in total. The minimum Gasteiger partial charge on any atom is -0.295 e. The van der Waals surface area contributed by atoms with E-state index in [-0.39, 0.29) is 5.78 Å². The average molecular weight is 142 g/mol. The first-order valence-electron chi connectivity index (χ1n) is 3.08. The molecule has 0 amide bonds. The van der Waals surface area contributed by atoms with Crippen molar-refractivity contribution < 1.29 is 4.79 Å². The molecule has 0 aromatic carbocycles. The molecule has 9 heavy (non-hydrogen) atoms. The second kappa shape index (κ2) is 3.06. The van der Waals surface area contributed by atoms with Gasteiger partial charge in [0.2, 0.25) is 0 Å². The normalized spacial score (nSPS) is 19.0. The molecule has 0 bridgehead atoms. The van der Waals surface area contributed by atoms with Gasteiger partial charge < -0.3 is 0 Å². The Balaban J connectivity index is 2.57. The van der Waals surface area contributed by atoms with E-state index in [4.69, 9.17) is 0 Å². The van der Waals surface area contributed by atoms with Crippen LogP contribution in [0.15, 0.2) is 11.6 Å². The molecule has 0 N–H and O–H groups in total. The molecular weight excluding hydrogens is 132 g/mol. The highest BCUT2D eigenvalue weighted by atomic mass is 32.2. The number of thioether (sulfide) groups is 1. The zero-order valence-electron chi connectivity index (χ0n) is 5.52. The van der Waals surface area contributed by atoms with E-state index in [1.165, 1.54) is 5.75 Å². The third-order valence-corrected chi connectivity index (χ3v) is 2.40. The van der Waals surface area contributed by atoms with E-state index >= 15 is 0 Å². The van der Waals surface area contributed by atoms with Gasteiger partial charge in [-0.1, -0.05) is 6.08 Å². The van der Waals surface area contributed by atoms with Gasteiger partial charge in [0, 0.05) is 11.3 Å². The smallest absolute Gasteiger partial charge is 0.156 e. The van der Waals surface area contributed by atoms with Crippen molar-refractivity contribution in [1.82, 2.24) is 0 Å². The predicted octanol–water partition coefficient (Wildman–Crippen LogP) is 1.64. The molecule has 0 saturated heterocycles. The van der Waals surface area contributed by atoms with Gasteiger partial charge in [-0.2, -0.15) is 11.8 Å². The first kappa shape index (κ1) is 6.87. The van der Waals surface area contributed by atoms with Gasteiger partial charge in [0.05, 0.1) is 0 Å². The molecule has 1 rings (SSSR count). The molecular formula is C7H10OS. The van der Waals surface area contributed by atoms with Crippen molar-refractivity contribution in [2.75, 3.05) is 11.5 Å². The van der Waals surface area contributed by atoms with Crippen molar-refractivity contribution in [3.8, 4) is 0 Å². The molecule has 0 saturated carbocycles.